The van der Waals surface area contributed by atoms with Crippen molar-refractivity contribution in [2.45, 2.75) is 19.5 Å². The van der Waals surface area contributed by atoms with Crippen LogP contribution >= 0.6 is 23.2 Å². The molecule has 0 atom stereocenters. The average molecular weight is 552 g/mol. The van der Waals surface area contributed by atoms with Gasteiger partial charge in [0.1, 0.15) is 6.54 Å². The number of nitrogens with zero attached hydrogens (tertiary/aromatic N) is 5. The van der Waals surface area contributed by atoms with E-state index in [4.69, 9.17) is 27.9 Å². The number of carbonyl (C=O) groups excluding carboxylic acids is 2. The average Bonchev–Trinajstić information content (AvgIpc) is 3.12. The Balaban J connectivity index is 1.69. The fraction of sp³-hybridized carbons (Fsp3) is 0.609. The van der Waals surface area contributed by atoms with Crippen LogP contribution in [0.5, 0.6) is 0 Å². The topological polar surface area (TPSA) is 68.7 Å². The lowest BCUT2D eigenvalue weighted by Crippen LogP contribution is -2.42. The van der Waals surface area contributed by atoms with E-state index in [9.17, 15) is 22.8 Å². The molecule has 200 valence electrons. The predicted octanol–water partition coefficient (Wildman–Crippen LogP) is 3.33. The van der Waals surface area contributed by atoms with Gasteiger partial charge in [-0.15, -0.1) is 11.6 Å². The zero-order valence-corrected chi connectivity index (χ0v) is 21.6. The minimum Gasteiger partial charge on any atom is -0.378 e. The van der Waals surface area contributed by atoms with E-state index >= 15 is 0 Å². The van der Waals surface area contributed by atoms with Crippen LogP contribution in [0.1, 0.15) is 23.7 Å². The third kappa shape index (κ3) is 7.39. The van der Waals surface area contributed by atoms with Crippen molar-refractivity contribution >= 4 is 46.4 Å². The summed E-state index contributed by atoms with van der Waals surface area (Å²) in [5.41, 5.74) is 0.0967. The summed E-state index contributed by atoms with van der Waals surface area (Å²) in [7, 11) is 0. The molecule has 0 radical (unpaired) electrons. The van der Waals surface area contributed by atoms with Gasteiger partial charge in [-0.05, 0) is 31.5 Å². The third-order valence-corrected chi connectivity index (χ3v) is 6.56. The smallest absolute Gasteiger partial charge is 0.378 e. The summed E-state index contributed by atoms with van der Waals surface area (Å²) in [6, 6.07) is 5.20. The maximum atomic E-state index is 13.2. The molecule has 3 rings (SSSR count). The highest BCUT2D eigenvalue weighted by molar-refractivity contribution is 6.31. The Morgan fingerprint density at radius 3 is 2.44 bits per heavy atom. The number of amides is 2. The number of alkyl halides is 4. The zero-order chi connectivity index (χ0) is 26.3. The molecule has 2 heterocycles. The Kier molecular flexibility index (Phi) is 10.1. The standard InChI is InChI=1S/C23H30Cl2F3N5O3/c1-2-33(29-20(15-24)23(26,27)28)16-21(34)31-7-3-6-30(8-9-31)19-5-4-17(25)14-18(19)22(35)32-10-12-36-13-11-32/h4-5,14H,2-3,6-13,15-16H2,1H3/b29-20+. The van der Waals surface area contributed by atoms with Crippen molar-refractivity contribution in [3.05, 3.63) is 28.8 Å². The van der Waals surface area contributed by atoms with Crippen molar-refractivity contribution in [2.24, 2.45) is 5.10 Å². The molecule has 0 spiro atoms. The molecule has 0 N–H and O–H groups in total. The molecule has 2 aliphatic heterocycles. The number of carbonyl (C=O) groups is 2. The lowest BCUT2D eigenvalue weighted by atomic mass is 10.1. The maximum absolute atomic E-state index is 13.2. The molecule has 13 heteroatoms. The van der Waals surface area contributed by atoms with E-state index in [1.54, 1.807) is 28.9 Å². The molecule has 0 aliphatic carbocycles. The molecule has 2 saturated heterocycles. The highest BCUT2D eigenvalue weighted by atomic mass is 35.5. The van der Waals surface area contributed by atoms with Crippen LogP contribution in [0.3, 0.4) is 0 Å². The Labute approximate surface area is 218 Å². The lowest BCUT2D eigenvalue weighted by molar-refractivity contribution is -0.132. The van der Waals surface area contributed by atoms with Crippen molar-refractivity contribution in [3.8, 4) is 0 Å². The first kappa shape index (κ1) is 28.3. The molecule has 0 unspecified atom stereocenters. The first-order valence-electron chi connectivity index (χ1n) is 11.8. The van der Waals surface area contributed by atoms with Crippen LogP contribution in [0.2, 0.25) is 5.02 Å². The minimum absolute atomic E-state index is 0.121. The summed E-state index contributed by atoms with van der Waals surface area (Å²) >= 11 is 11.6. The van der Waals surface area contributed by atoms with Gasteiger partial charge in [0.2, 0.25) is 5.91 Å². The Morgan fingerprint density at radius 2 is 1.81 bits per heavy atom. The Bertz CT molecular complexity index is 957. The van der Waals surface area contributed by atoms with Crippen molar-refractivity contribution in [2.75, 3.05) is 76.4 Å². The predicted molar refractivity (Wildman–Crippen MR) is 133 cm³/mol. The quantitative estimate of drug-likeness (QED) is 0.295. The van der Waals surface area contributed by atoms with Crippen molar-refractivity contribution in [3.63, 3.8) is 0 Å². The second-order valence-corrected chi connectivity index (χ2v) is 9.15. The fourth-order valence-corrected chi connectivity index (χ4v) is 4.48. The summed E-state index contributed by atoms with van der Waals surface area (Å²) in [6.45, 7) is 5.30. The summed E-state index contributed by atoms with van der Waals surface area (Å²) in [5, 5.41) is 5.09. The molecule has 1 aromatic carbocycles. The van der Waals surface area contributed by atoms with Crippen LogP contribution in [-0.4, -0.2) is 110 Å². The van der Waals surface area contributed by atoms with E-state index < -0.39 is 17.8 Å². The van der Waals surface area contributed by atoms with Gasteiger partial charge < -0.3 is 19.4 Å². The fourth-order valence-electron chi connectivity index (χ4n) is 4.10. The number of morpholine rings is 1. The number of likely N-dealkylation sites (N-methyl/N-ethyl adjacent to an activating group) is 1. The third-order valence-electron chi connectivity index (χ3n) is 6.08. The van der Waals surface area contributed by atoms with Crippen molar-refractivity contribution < 1.29 is 27.5 Å². The summed E-state index contributed by atoms with van der Waals surface area (Å²) in [4.78, 5) is 31.5. The van der Waals surface area contributed by atoms with E-state index in [1.807, 2.05) is 11.0 Å². The van der Waals surface area contributed by atoms with Crippen molar-refractivity contribution in [1.29, 1.82) is 0 Å². The number of rotatable bonds is 7. The number of halogens is 5. The molecular weight excluding hydrogens is 522 g/mol. The number of hydrazone groups is 1. The molecule has 0 bridgehead atoms. The van der Waals surface area contributed by atoms with E-state index in [2.05, 4.69) is 5.10 Å². The maximum Gasteiger partial charge on any atom is 0.432 e. The molecule has 8 nitrogen and oxygen atoms in total. The van der Waals surface area contributed by atoms with Crippen LogP contribution in [0.4, 0.5) is 18.9 Å². The molecule has 2 fully saturated rings. The van der Waals surface area contributed by atoms with E-state index in [-0.39, 0.29) is 24.9 Å². The van der Waals surface area contributed by atoms with Gasteiger partial charge in [-0.1, -0.05) is 11.6 Å². The first-order valence-corrected chi connectivity index (χ1v) is 12.7. The zero-order valence-electron chi connectivity index (χ0n) is 20.1. The van der Waals surface area contributed by atoms with Gasteiger partial charge >= 0.3 is 6.18 Å². The van der Waals surface area contributed by atoms with E-state index in [1.165, 1.54) is 0 Å². The van der Waals surface area contributed by atoms with Gasteiger partial charge in [0.15, 0.2) is 5.71 Å². The van der Waals surface area contributed by atoms with Crippen LogP contribution in [-0.2, 0) is 9.53 Å². The number of ether oxygens (including phenoxy) is 1. The second kappa shape index (κ2) is 12.8. The summed E-state index contributed by atoms with van der Waals surface area (Å²) in [5.74, 6) is -1.23. The van der Waals surface area contributed by atoms with Gasteiger partial charge in [0, 0.05) is 56.5 Å². The largest absolute Gasteiger partial charge is 0.432 e. The van der Waals surface area contributed by atoms with Gasteiger partial charge in [-0.3, -0.25) is 14.6 Å². The molecule has 1 aromatic rings. The lowest BCUT2D eigenvalue weighted by Gasteiger charge is -2.30. The molecular formula is C23H30Cl2F3N5O3. The van der Waals surface area contributed by atoms with E-state index in [0.717, 1.165) is 10.7 Å². The Morgan fingerprint density at radius 1 is 1.08 bits per heavy atom. The second-order valence-electron chi connectivity index (χ2n) is 8.45. The van der Waals surface area contributed by atoms with Gasteiger partial charge in [-0.2, -0.15) is 18.3 Å². The van der Waals surface area contributed by atoms with Crippen LogP contribution < -0.4 is 4.90 Å². The molecule has 0 aromatic heterocycles. The molecule has 36 heavy (non-hydrogen) atoms. The number of anilines is 1. The van der Waals surface area contributed by atoms with Crippen LogP contribution in [0, 0.1) is 0 Å². The minimum atomic E-state index is -4.66. The number of benzene rings is 1. The van der Waals surface area contributed by atoms with Gasteiger partial charge in [-0.25, -0.2) is 0 Å². The van der Waals surface area contributed by atoms with E-state index in [0.29, 0.717) is 69.5 Å². The molecule has 0 saturated carbocycles. The molecule has 2 amide bonds. The normalized spacial score (nSPS) is 17.7. The summed E-state index contributed by atoms with van der Waals surface area (Å²) in [6.07, 6.45) is -4.03. The van der Waals surface area contributed by atoms with Gasteiger partial charge in [0.05, 0.1) is 24.7 Å². The number of hydrogen-bond acceptors (Lipinski definition) is 6. The highest BCUT2D eigenvalue weighted by Crippen LogP contribution is 2.27. The SMILES string of the molecule is CCN(CC(=O)N1CCCN(c2ccc(Cl)cc2C(=O)N2CCOCC2)CC1)/N=C(\CCl)C(F)(F)F. The Hall–Kier alpha value is -2.24. The molecule has 2 aliphatic rings. The van der Waals surface area contributed by atoms with Crippen LogP contribution in [0.15, 0.2) is 23.3 Å². The summed E-state index contributed by atoms with van der Waals surface area (Å²) < 4.78 is 44.4. The monoisotopic (exact) mass is 551 g/mol. The van der Waals surface area contributed by atoms with Crippen molar-refractivity contribution in [1.82, 2.24) is 14.8 Å². The number of hydrogen-bond donors (Lipinski definition) is 0. The van der Waals surface area contributed by atoms with Gasteiger partial charge in [0.25, 0.3) is 5.91 Å². The first-order chi connectivity index (χ1) is 17.1. The van der Waals surface area contributed by atoms with Crippen LogP contribution in [0.25, 0.3) is 0 Å². The highest BCUT2D eigenvalue weighted by Gasteiger charge is 2.36.